The Kier molecular flexibility index (Phi) is 2.94. The Morgan fingerprint density at radius 1 is 1.25 bits per heavy atom. The summed E-state index contributed by atoms with van der Waals surface area (Å²) in [6, 6.07) is 0. The van der Waals surface area contributed by atoms with Crippen LogP contribution in [0.3, 0.4) is 0 Å². The minimum atomic E-state index is -1.23. The normalized spacial score (nSPS) is 30.1. The first-order valence-electron chi connectivity index (χ1n) is 5.91. The summed E-state index contributed by atoms with van der Waals surface area (Å²) in [5, 5.41) is 28.8. The Labute approximate surface area is 112 Å². The summed E-state index contributed by atoms with van der Waals surface area (Å²) in [6.07, 6.45) is -2.92. The molecule has 0 aromatic carbocycles. The molecule has 0 amide bonds. The number of nitrogens with two attached hydrogens (primary N) is 2. The number of nitrogens with zero attached hydrogens (tertiary/aromatic N) is 4. The number of aliphatic hydroxyl groups excluding tert-OH is 3. The van der Waals surface area contributed by atoms with Crippen molar-refractivity contribution in [2.45, 2.75) is 24.5 Å². The van der Waals surface area contributed by atoms with Crippen molar-refractivity contribution >= 4 is 22.9 Å². The molecule has 108 valence electrons. The zero-order chi connectivity index (χ0) is 14.4. The summed E-state index contributed by atoms with van der Waals surface area (Å²) in [5.74, 6) is 0.0708. The van der Waals surface area contributed by atoms with Gasteiger partial charge in [-0.2, -0.15) is 9.97 Å². The van der Waals surface area contributed by atoms with Gasteiger partial charge in [0, 0.05) is 0 Å². The quantitative estimate of drug-likeness (QED) is 0.403. The van der Waals surface area contributed by atoms with E-state index in [4.69, 9.17) is 21.3 Å². The van der Waals surface area contributed by atoms with Crippen molar-refractivity contribution in [3.63, 3.8) is 0 Å². The first-order valence-corrected chi connectivity index (χ1v) is 5.91. The van der Waals surface area contributed by atoms with Crippen LogP contribution in [0.2, 0.25) is 0 Å². The second kappa shape index (κ2) is 4.52. The van der Waals surface area contributed by atoms with Crippen LogP contribution in [-0.2, 0) is 4.74 Å². The number of aliphatic hydroxyl groups is 3. The lowest BCUT2D eigenvalue weighted by molar-refractivity contribution is -0.0511. The van der Waals surface area contributed by atoms with Gasteiger partial charge in [-0.05, 0) is 0 Å². The maximum Gasteiger partial charge on any atom is 0.224 e. The average molecular weight is 282 g/mol. The molecular formula is C10H14N6O4. The standard InChI is InChI=1S/C10H14N6O4/c11-7-4-8(15-10(12)14-7)16(2-13-4)9-6(19)5(18)3(1-17)20-9/h2-3,5-6,9,17-19H,1H2,(H4,11,12,14,15)/t3-,5-,6+,9-/m1/s1. The van der Waals surface area contributed by atoms with Crippen LogP contribution >= 0.6 is 0 Å². The Bertz CT molecular complexity index is 646. The van der Waals surface area contributed by atoms with Crippen LogP contribution in [0.4, 0.5) is 11.8 Å². The highest BCUT2D eigenvalue weighted by Crippen LogP contribution is 2.31. The number of ether oxygens (including phenoxy) is 1. The number of imidazole rings is 1. The van der Waals surface area contributed by atoms with Crippen molar-refractivity contribution in [3.8, 4) is 0 Å². The predicted octanol–water partition coefficient (Wildman–Crippen LogP) is -2.40. The van der Waals surface area contributed by atoms with E-state index in [-0.39, 0.29) is 17.4 Å². The molecule has 2 aromatic rings. The van der Waals surface area contributed by atoms with Crippen molar-refractivity contribution in [1.82, 2.24) is 19.5 Å². The van der Waals surface area contributed by atoms with Crippen LogP contribution in [0.15, 0.2) is 6.33 Å². The molecule has 10 nitrogen and oxygen atoms in total. The minimum Gasteiger partial charge on any atom is -0.394 e. The summed E-state index contributed by atoms with van der Waals surface area (Å²) >= 11 is 0. The zero-order valence-electron chi connectivity index (χ0n) is 10.3. The molecular weight excluding hydrogens is 268 g/mol. The SMILES string of the molecule is Nc1nc(N)c2ncn([C@@H]3O[C@H](CO)[C@@H](O)[C@@H]3O)c2n1. The molecule has 0 spiro atoms. The first-order chi connectivity index (χ1) is 9.52. The fourth-order valence-corrected chi connectivity index (χ4v) is 2.25. The van der Waals surface area contributed by atoms with Gasteiger partial charge in [0.15, 0.2) is 17.7 Å². The molecule has 1 saturated heterocycles. The van der Waals surface area contributed by atoms with E-state index in [1.54, 1.807) is 0 Å². The topological polar surface area (TPSA) is 166 Å². The van der Waals surface area contributed by atoms with Crippen molar-refractivity contribution < 1.29 is 20.1 Å². The van der Waals surface area contributed by atoms with Crippen molar-refractivity contribution in [1.29, 1.82) is 0 Å². The lowest BCUT2D eigenvalue weighted by Crippen LogP contribution is -2.33. The highest BCUT2D eigenvalue weighted by molar-refractivity contribution is 5.82. The molecule has 20 heavy (non-hydrogen) atoms. The molecule has 7 N–H and O–H groups in total. The lowest BCUT2D eigenvalue weighted by Gasteiger charge is -2.16. The largest absolute Gasteiger partial charge is 0.394 e. The van der Waals surface area contributed by atoms with E-state index >= 15 is 0 Å². The summed E-state index contributed by atoms with van der Waals surface area (Å²) in [5.41, 5.74) is 11.8. The second-order valence-electron chi connectivity index (χ2n) is 4.52. The third-order valence-corrected chi connectivity index (χ3v) is 3.26. The summed E-state index contributed by atoms with van der Waals surface area (Å²) < 4.78 is 6.79. The lowest BCUT2D eigenvalue weighted by atomic mass is 10.1. The van der Waals surface area contributed by atoms with E-state index < -0.39 is 31.1 Å². The number of rotatable bonds is 2. The molecule has 0 saturated carbocycles. The Morgan fingerprint density at radius 2 is 2.00 bits per heavy atom. The molecule has 1 fully saturated rings. The third-order valence-electron chi connectivity index (χ3n) is 3.26. The molecule has 4 atom stereocenters. The molecule has 2 aromatic heterocycles. The van der Waals surface area contributed by atoms with Crippen LogP contribution in [0.25, 0.3) is 11.2 Å². The molecule has 0 bridgehead atoms. The third kappa shape index (κ3) is 1.78. The van der Waals surface area contributed by atoms with E-state index in [0.717, 1.165) is 0 Å². The Balaban J connectivity index is 2.07. The van der Waals surface area contributed by atoms with Gasteiger partial charge in [-0.25, -0.2) is 4.98 Å². The summed E-state index contributed by atoms with van der Waals surface area (Å²) in [4.78, 5) is 11.8. The van der Waals surface area contributed by atoms with Gasteiger partial charge < -0.3 is 31.5 Å². The zero-order valence-corrected chi connectivity index (χ0v) is 10.3. The second-order valence-corrected chi connectivity index (χ2v) is 4.52. The molecule has 0 unspecified atom stereocenters. The van der Waals surface area contributed by atoms with Crippen molar-refractivity contribution in [2.75, 3.05) is 18.1 Å². The monoisotopic (exact) mass is 282 g/mol. The number of anilines is 2. The van der Waals surface area contributed by atoms with E-state index in [2.05, 4.69) is 15.0 Å². The summed E-state index contributed by atoms with van der Waals surface area (Å²) in [7, 11) is 0. The van der Waals surface area contributed by atoms with Crippen LogP contribution in [-0.4, -0.2) is 59.8 Å². The van der Waals surface area contributed by atoms with Crippen LogP contribution < -0.4 is 11.5 Å². The number of aromatic nitrogens is 4. The van der Waals surface area contributed by atoms with E-state index in [9.17, 15) is 10.2 Å². The van der Waals surface area contributed by atoms with Gasteiger partial charge in [-0.3, -0.25) is 4.57 Å². The van der Waals surface area contributed by atoms with E-state index in [0.29, 0.717) is 5.52 Å². The molecule has 3 heterocycles. The summed E-state index contributed by atoms with van der Waals surface area (Å²) in [6.45, 7) is -0.416. The Morgan fingerprint density at radius 3 is 2.65 bits per heavy atom. The maximum absolute atomic E-state index is 9.99. The van der Waals surface area contributed by atoms with Gasteiger partial charge in [-0.1, -0.05) is 0 Å². The van der Waals surface area contributed by atoms with Crippen molar-refractivity contribution in [2.24, 2.45) is 0 Å². The predicted molar refractivity (Wildman–Crippen MR) is 67.2 cm³/mol. The first kappa shape index (κ1) is 13.0. The number of nitrogen functional groups attached to an aromatic ring is 2. The van der Waals surface area contributed by atoms with Gasteiger partial charge in [0.1, 0.15) is 23.8 Å². The van der Waals surface area contributed by atoms with Gasteiger partial charge in [0.05, 0.1) is 12.9 Å². The van der Waals surface area contributed by atoms with Crippen molar-refractivity contribution in [3.05, 3.63) is 6.33 Å². The molecule has 1 aliphatic rings. The van der Waals surface area contributed by atoms with E-state index in [1.165, 1.54) is 10.9 Å². The molecule has 0 radical (unpaired) electrons. The van der Waals surface area contributed by atoms with Crippen LogP contribution in [0.1, 0.15) is 6.23 Å². The van der Waals surface area contributed by atoms with Gasteiger partial charge in [0.25, 0.3) is 0 Å². The smallest absolute Gasteiger partial charge is 0.224 e. The van der Waals surface area contributed by atoms with E-state index in [1.807, 2.05) is 0 Å². The number of hydrogen-bond acceptors (Lipinski definition) is 9. The average Bonchev–Trinajstić information content (AvgIpc) is 2.93. The minimum absolute atomic E-state index is 0.0384. The fraction of sp³-hybridized carbons (Fsp3) is 0.500. The molecule has 0 aliphatic carbocycles. The fourth-order valence-electron chi connectivity index (χ4n) is 2.25. The van der Waals surface area contributed by atoms with Gasteiger partial charge in [-0.15, -0.1) is 0 Å². The number of hydrogen-bond donors (Lipinski definition) is 5. The molecule has 10 heteroatoms. The number of fused-ring (bicyclic) bond motifs is 1. The van der Waals surface area contributed by atoms with Gasteiger partial charge in [0.2, 0.25) is 5.95 Å². The maximum atomic E-state index is 9.99. The molecule has 1 aliphatic heterocycles. The highest BCUT2D eigenvalue weighted by Gasteiger charge is 2.44. The molecule has 3 rings (SSSR count). The Hall–Kier alpha value is -2.01. The van der Waals surface area contributed by atoms with Gasteiger partial charge >= 0.3 is 0 Å². The van der Waals surface area contributed by atoms with Crippen LogP contribution in [0, 0.1) is 0 Å². The highest BCUT2D eigenvalue weighted by atomic mass is 16.6. The van der Waals surface area contributed by atoms with Crippen LogP contribution in [0.5, 0.6) is 0 Å².